The molecule has 0 aliphatic heterocycles. The smallest absolute Gasteiger partial charge is 0.123 e. The third-order valence-corrected chi connectivity index (χ3v) is 3.33. The third kappa shape index (κ3) is 3.23. The topological polar surface area (TPSA) is 24.9 Å². The van der Waals surface area contributed by atoms with Crippen LogP contribution in [0.15, 0.2) is 30.5 Å². The fraction of sp³-hybridized carbons (Fsp3) is 0.353. The minimum atomic E-state index is -0.201. The molecule has 0 amide bonds. The molecule has 0 radical (unpaired) electrons. The number of halogens is 1. The molecule has 1 atom stereocenters. The van der Waals surface area contributed by atoms with Gasteiger partial charge in [0.05, 0.1) is 11.7 Å². The predicted octanol–water partition coefficient (Wildman–Crippen LogP) is 3.84. The number of pyridine rings is 1. The molecule has 2 rings (SSSR count). The van der Waals surface area contributed by atoms with Crippen LogP contribution in [0.1, 0.15) is 40.9 Å². The van der Waals surface area contributed by atoms with Crippen molar-refractivity contribution in [2.24, 2.45) is 0 Å². The normalized spacial score (nSPS) is 12.4. The number of hydrogen-bond donors (Lipinski definition) is 1. The summed E-state index contributed by atoms with van der Waals surface area (Å²) in [5.41, 5.74) is 5.06. The van der Waals surface area contributed by atoms with Gasteiger partial charge in [-0.2, -0.15) is 0 Å². The van der Waals surface area contributed by atoms with Gasteiger partial charge in [0.1, 0.15) is 5.82 Å². The molecule has 0 aliphatic rings. The quantitative estimate of drug-likeness (QED) is 0.914. The van der Waals surface area contributed by atoms with E-state index in [1.165, 1.54) is 0 Å². The Kier molecular flexibility index (Phi) is 4.50. The molecule has 1 heterocycles. The van der Waals surface area contributed by atoms with E-state index in [0.29, 0.717) is 0 Å². The number of rotatable bonds is 4. The van der Waals surface area contributed by atoms with Gasteiger partial charge in [0.15, 0.2) is 0 Å². The van der Waals surface area contributed by atoms with E-state index in [9.17, 15) is 4.39 Å². The summed E-state index contributed by atoms with van der Waals surface area (Å²) in [4.78, 5) is 4.55. The maximum absolute atomic E-state index is 13.7. The zero-order valence-electron chi connectivity index (χ0n) is 12.5. The Morgan fingerprint density at radius 3 is 2.45 bits per heavy atom. The zero-order valence-corrected chi connectivity index (χ0v) is 12.5. The number of nitrogens with zero attached hydrogens (tertiary/aromatic N) is 1. The van der Waals surface area contributed by atoms with E-state index >= 15 is 0 Å². The Morgan fingerprint density at radius 2 is 1.85 bits per heavy atom. The molecule has 1 aromatic heterocycles. The van der Waals surface area contributed by atoms with Crippen LogP contribution in [0.25, 0.3) is 0 Å². The van der Waals surface area contributed by atoms with Crippen molar-refractivity contribution in [1.29, 1.82) is 0 Å². The maximum atomic E-state index is 13.7. The Labute approximate surface area is 120 Å². The summed E-state index contributed by atoms with van der Waals surface area (Å²) in [5.74, 6) is -0.201. The van der Waals surface area contributed by atoms with E-state index in [4.69, 9.17) is 0 Å². The van der Waals surface area contributed by atoms with Crippen molar-refractivity contribution in [1.82, 2.24) is 10.3 Å². The van der Waals surface area contributed by atoms with E-state index in [0.717, 1.165) is 34.5 Å². The summed E-state index contributed by atoms with van der Waals surface area (Å²) in [6.45, 7) is 8.83. The number of aryl methyl sites for hydroxylation is 3. The van der Waals surface area contributed by atoms with Crippen LogP contribution in [-0.4, -0.2) is 11.5 Å². The van der Waals surface area contributed by atoms with Gasteiger partial charge in [-0.05, 0) is 61.7 Å². The summed E-state index contributed by atoms with van der Waals surface area (Å²) in [5, 5.41) is 3.40. The summed E-state index contributed by atoms with van der Waals surface area (Å²) >= 11 is 0. The molecular weight excluding hydrogens is 251 g/mol. The van der Waals surface area contributed by atoms with Crippen molar-refractivity contribution in [3.63, 3.8) is 0 Å². The zero-order chi connectivity index (χ0) is 14.7. The van der Waals surface area contributed by atoms with Gasteiger partial charge in [-0.15, -0.1) is 0 Å². The molecule has 2 aromatic rings. The molecule has 0 saturated heterocycles. The van der Waals surface area contributed by atoms with Crippen LogP contribution in [-0.2, 0) is 0 Å². The number of benzene rings is 1. The summed E-state index contributed by atoms with van der Waals surface area (Å²) in [6, 6.07) is 7.18. The monoisotopic (exact) mass is 272 g/mol. The van der Waals surface area contributed by atoms with Crippen molar-refractivity contribution in [2.75, 3.05) is 6.54 Å². The van der Waals surface area contributed by atoms with Crippen molar-refractivity contribution in [3.8, 4) is 0 Å². The molecule has 2 nitrogen and oxygen atoms in total. The molecule has 3 heteroatoms. The van der Waals surface area contributed by atoms with Gasteiger partial charge in [-0.3, -0.25) is 4.98 Å². The van der Waals surface area contributed by atoms with Gasteiger partial charge in [0.2, 0.25) is 0 Å². The molecule has 1 N–H and O–H groups in total. The van der Waals surface area contributed by atoms with E-state index in [-0.39, 0.29) is 11.9 Å². The first-order valence-electron chi connectivity index (χ1n) is 6.95. The third-order valence-electron chi connectivity index (χ3n) is 3.33. The molecule has 106 valence electrons. The molecule has 20 heavy (non-hydrogen) atoms. The van der Waals surface area contributed by atoms with Gasteiger partial charge < -0.3 is 5.32 Å². The summed E-state index contributed by atoms with van der Waals surface area (Å²) in [7, 11) is 0. The SMILES string of the molecule is CCNC(c1cc(C)cc(F)c1)c1ncc(C)cc1C. The first kappa shape index (κ1) is 14.7. The van der Waals surface area contributed by atoms with Crippen LogP contribution in [0.5, 0.6) is 0 Å². The lowest BCUT2D eigenvalue weighted by atomic mass is 9.97. The lowest BCUT2D eigenvalue weighted by Crippen LogP contribution is -2.24. The van der Waals surface area contributed by atoms with Crippen LogP contribution >= 0.6 is 0 Å². The van der Waals surface area contributed by atoms with E-state index in [1.54, 1.807) is 12.1 Å². The first-order valence-corrected chi connectivity index (χ1v) is 6.95. The van der Waals surface area contributed by atoms with Gasteiger partial charge in [-0.1, -0.05) is 19.1 Å². The highest BCUT2D eigenvalue weighted by atomic mass is 19.1. The van der Waals surface area contributed by atoms with Crippen molar-refractivity contribution in [3.05, 3.63) is 64.2 Å². The highest BCUT2D eigenvalue weighted by Gasteiger charge is 2.17. The van der Waals surface area contributed by atoms with Crippen LogP contribution < -0.4 is 5.32 Å². The fourth-order valence-electron chi connectivity index (χ4n) is 2.54. The molecule has 0 spiro atoms. The number of hydrogen-bond acceptors (Lipinski definition) is 2. The van der Waals surface area contributed by atoms with Crippen molar-refractivity contribution in [2.45, 2.75) is 33.7 Å². The Hall–Kier alpha value is -1.74. The summed E-state index contributed by atoms with van der Waals surface area (Å²) < 4.78 is 13.7. The number of aromatic nitrogens is 1. The van der Waals surface area contributed by atoms with Crippen LogP contribution in [0.2, 0.25) is 0 Å². The molecule has 1 aromatic carbocycles. The number of nitrogens with one attached hydrogen (secondary N) is 1. The van der Waals surface area contributed by atoms with Gasteiger partial charge in [0.25, 0.3) is 0 Å². The van der Waals surface area contributed by atoms with Crippen LogP contribution in [0.4, 0.5) is 4.39 Å². The summed E-state index contributed by atoms with van der Waals surface area (Å²) in [6.07, 6.45) is 1.86. The molecule has 0 aliphatic carbocycles. The lowest BCUT2D eigenvalue weighted by Gasteiger charge is -2.20. The van der Waals surface area contributed by atoms with Crippen molar-refractivity contribution < 1.29 is 4.39 Å². The average Bonchev–Trinajstić information content (AvgIpc) is 2.35. The average molecular weight is 272 g/mol. The predicted molar refractivity (Wildman–Crippen MR) is 80.4 cm³/mol. The second-order valence-corrected chi connectivity index (χ2v) is 5.27. The second-order valence-electron chi connectivity index (χ2n) is 5.27. The van der Waals surface area contributed by atoms with E-state index in [1.807, 2.05) is 40.0 Å². The molecule has 0 saturated carbocycles. The lowest BCUT2D eigenvalue weighted by molar-refractivity contribution is 0.592. The van der Waals surface area contributed by atoms with Crippen LogP contribution in [0.3, 0.4) is 0 Å². The standard InChI is InChI=1S/C17H21FN2/c1-5-19-17(14-7-11(2)8-15(18)9-14)16-13(4)6-12(3)10-20-16/h6-10,17,19H,5H2,1-4H3. The molecule has 0 bridgehead atoms. The van der Waals surface area contributed by atoms with Gasteiger partial charge in [-0.25, -0.2) is 4.39 Å². The second kappa shape index (κ2) is 6.14. The minimum absolute atomic E-state index is 0.0741. The largest absolute Gasteiger partial charge is 0.305 e. The van der Waals surface area contributed by atoms with E-state index in [2.05, 4.69) is 16.4 Å². The molecule has 1 unspecified atom stereocenters. The van der Waals surface area contributed by atoms with E-state index < -0.39 is 0 Å². The highest BCUT2D eigenvalue weighted by molar-refractivity contribution is 5.35. The fourth-order valence-corrected chi connectivity index (χ4v) is 2.54. The van der Waals surface area contributed by atoms with Gasteiger partial charge in [0, 0.05) is 6.20 Å². The van der Waals surface area contributed by atoms with Gasteiger partial charge >= 0.3 is 0 Å². The van der Waals surface area contributed by atoms with Crippen molar-refractivity contribution >= 4 is 0 Å². The Balaban J connectivity index is 2.49. The maximum Gasteiger partial charge on any atom is 0.123 e. The minimum Gasteiger partial charge on any atom is -0.305 e. The first-order chi connectivity index (χ1) is 9.51. The Morgan fingerprint density at radius 1 is 1.10 bits per heavy atom. The highest BCUT2D eigenvalue weighted by Crippen LogP contribution is 2.25. The van der Waals surface area contributed by atoms with Crippen LogP contribution in [0, 0.1) is 26.6 Å². The molecule has 0 fully saturated rings. The molecular formula is C17H21FN2. The Bertz CT molecular complexity index is 588.